The lowest BCUT2D eigenvalue weighted by molar-refractivity contribution is -0.138. The van der Waals surface area contributed by atoms with Crippen molar-refractivity contribution in [3.05, 3.63) is 53.2 Å². The second kappa shape index (κ2) is 8.74. The Balaban J connectivity index is 1.43. The first-order valence-electron chi connectivity index (χ1n) is 11.1. The molecule has 1 fully saturated rings. The Labute approximate surface area is 196 Å². The number of nitrogens with zero attached hydrogens (tertiary/aromatic N) is 4. The zero-order valence-electron chi connectivity index (χ0n) is 18.5. The van der Waals surface area contributed by atoms with Crippen LogP contribution in [0.2, 0.25) is 0 Å². The number of rotatable bonds is 3. The summed E-state index contributed by atoms with van der Waals surface area (Å²) in [5, 5.41) is 3.15. The highest BCUT2D eigenvalue weighted by Crippen LogP contribution is 2.38. The van der Waals surface area contributed by atoms with Crippen molar-refractivity contribution in [2.24, 2.45) is 0 Å². The van der Waals surface area contributed by atoms with Gasteiger partial charge in [0.15, 0.2) is 0 Å². The maximum Gasteiger partial charge on any atom is 0.419 e. The van der Waals surface area contributed by atoms with Gasteiger partial charge in [-0.05, 0) is 42.8 Å². The number of H-pyrrole nitrogens is 1. The molecule has 2 aromatic heterocycles. The third kappa shape index (κ3) is 4.66. The number of aromatic amines is 1. The van der Waals surface area contributed by atoms with Crippen molar-refractivity contribution in [2.75, 3.05) is 49.1 Å². The van der Waals surface area contributed by atoms with Crippen molar-refractivity contribution in [3.63, 3.8) is 0 Å². The summed E-state index contributed by atoms with van der Waals surface area (Å²) in [6.07, 6.45) is -5.24. The third-order valence-electron chi connectivity index (χ3n) is 6.28. The molecule has 1 saturated heterocycles. The van der Waals surface area contributed by atoms with Crippen LogP contribution in [-0.4, -0.2) is 54.2 Å². The molecule has 2 aliphatic heterocycles. The van der Waals surface area contributed by atoms with Crippen LogP contribution >= 0.6 is 0 Å². The Bertz CT molecular complexity index is 1250. The van der Waals surface area contributed by atoms with Gasteiger partial charge in [-0.15, -0.1) is 0 Å². The molecule has 0 unspecified atom stereocenters. The molecule has 0 bridgehead atoms. The number of hydrogen-bond donors (Lipinski definition) is 2. The minimum atomic E-state index is -4.52. The second-order valence-corrected chi connectivity index (χ2v) is 8.51. The van der Waals surface area contributed by atoms with E-state index in [1.54, 1.807) is 4.90 Å². The third-order valence-corrected chi connectivity index (χ3v) is 6.28. The Hall–Kier alpha value is -3.28. The number of aromatic nitrogens is 3. The van der Waals surface area contributed by atoms with Gasteiger partial charge in [0.25, 0.3) is 0 Å². The summed E-state index contributed by atoms with van der Waals surface area (Å²) < 4.78 is 80.9. The van der Waals surface area contributed by atoms with E-state index in [9.17, 15) is 26.3 Å². The number of anilines is 2. The maximum atomic E-state index is 13.6. The molecule has 6 nitrogen and oxygen atoms in total. The highest BCUT2D eigenvalue weighted by molar-refractivity contribution is 5.91. The number of benzene rings is 1. The number of piperazine rings is 1. The molecule has 5 rings (SSSR count). The fraction of sp³-hybridized carbons (Fsp3) is 0.391. The maximum absolute atomic E-state index is 13.6. The molecule has 0 spiro atoms. The lowest BCUT2D eigenvalue weighted by Gasteiger charge is -2.36. The van der Waals surface area contributed by atoms with Gasteiger partial charge >= 0.3 is 12.4 Å². The molecule has 0 amide bonds. The molecule has 12 heteroatoms. The van der Waals surface area contributed by atoms with Crippen LogP contribution in [0.4, 0.5) is 38.1 Å². The van der Waals surface area contributed by atoms with Gasteiger partial charge in [-0.2, -0.15) is 26.3 Å². The van der Waals surface area contributed by atoms with E-state index in [0.717, 1.165) is 23.8 Å². The monoisotopic (exact) mass is 496 g/mol. The largest absolute Gasteiger partial charge is 0.419 e. The van der Waals surface area contributed by atoms with Gasteiger partial charge < -0.3 is 20.1 Å². The molecular weight excluding hydrogens is 474 g/mol. The summed E-state index contributed by atoms with van der Waals surface area (Å²) in [4.78, 5) is 15.0. The minimum Gasteiger partial charge on any atom is -0.353 e. The van der Waals surface area contributed by atoms with Crippen LogP contribution in [0.25, 0.3) is 16.6 Å². The zero-order chi connectivity index (χ0) is 24.8. The number of pyridine rings is 1. The highest BCUT2D eigenvalue weighted by atomic mass is 19.4. The topological polar surface area (TPSA) is 60.1 Å². The Morgan fingerprint density at radius 1 is 0.914 bits per heavy atom. The van der Waals surface area contributed by atoms with Crippen molar-refractivity contribution in [2.45, 2.75) is 18.8 Å². The van der Waals surface area contributed by atoms with Crippen molar-refractivity contribution < 1.29 is 26.3 Å². The van der Waals surface area contributed by atoms with Crippen LogP contribution < -0.4 is 15.1 Å². The Kier molecular flexibility index (Phi) is 5.86. The fourth-order valence-electron chi connectivity index (χ4n) is 4.53. The van der Waals surface area contributed by atoms with E-state index in [0.29, 0.717) is 49.6 Å². The molecule has 2 N–H and O–H groups in total. The summed E-state index contributed by atoms with van der Waals surface area (Å²) in [6.45, 7) is 2.42. The van der Waals surface area contributed by atoms with Gasteiger partial charge in [-0.1, -0.05) is 6.08 Å². The minimum absolute atomic E-state index is 0.126. The molecule has 0 saturated carbocycles. The average molecular weight is 496 g/mol. The second-order valence-electron chi connectivity index (χ2n) is 8.51. The van der Waals surface area contributed by atoms with E-state index in [1.165, 1.54) is 12.3 Å². The summed E-state index contributed by atoms with van der Waals surface area (Å²) >= 11 is 0. The van der Waals surface area contributed by atoms with Gasteiger partial charge in [-0.3, -0.25) is 0 Å². The Morgan fingerprint density at radius 2 is 1.66 bits per heavy atom. The number of halogens is 6. The van der Waals surface area contributed by atoms with E-state index < -0.39 is 23.5 Å². The van der Waals surface area contributed by atoms with Crippen molar-refractivity contribution >= 4 is 28.4 Å². The van der Waals surface area contributed by atoms with Crippen LogP contribution in [0, 0.1) is 0 Å². The van der Waals surface area contributed by atoms with Crippen molar-refractivity contribution in [3.8, 4) is 0 Å². The first kappa shape index (κ1) is 23.5. The average Bonchev–Trinajstić information content (AvgIpc) is 3.27. The summed E-state index contributed by atoms with van der Waals surface area (Å²) in [7, 11) is 0. The molecule has 2 aliphatic rings. The van der Waals surface area contributed by atoms with Gasteiger partial charge in [0.05, 0.1) is 22.2 Å². The lowest BCUT2D eigenvalue weighted by atomic mass is 9.96. The molecule has 0 aliphatic carbocycles. The first-order chi connectivity index (χ1) is 16.6. The van der Waals surface area contributed by atoms with E-state index in [2.05, 4.69) is 20.3 Å². The van der Waals surface area contributed by atoms with E-state index in [1.807, 2.05) is 11.0 Å². The van der Waals surface area contributed by atoms with E-state index in [-0.39, 0.29) is 24.4 Å². The standard InChI is InChI=1S/C23H22F6N6/c24-22(25,26)15-12-16(14-3-6-30-7-4-14)19-18(13-15)32-21(33-19)35-10-8-34(9-11-35)20-17(23(27,28)29)2-1-5-31-20/h1-3,5,12-13,30H,4,6-11H2,(H,32,33). The molecular formula is C23H22F6N6. The summed E-state index contributed by atoms with van der Waals surface area (Å²) in [6, 6.07) is 4.45. The SMILES string of the molecule is FC(F)(F)c1cc(C2=CCNCC2)c2nc(N3CCN(c4ncccc4C(F)(F)F)CC3)[nH]c2c1. The first-order valence-corrected chi connectivity index (χ1v) is 11.1. The molecule has 186 valence electrons. The van der Waals surface area contributed by atoms with Crippen LogP contribution in [0.3, 0.4) is 0 Å². The van der Waals surface area contributed by atoms with Crippen molar-refractivity contribution in [1.29, 1.82) is 0 Å². The molecule has 3 aromatic rings. The smallest absolute Gasteiger partial charge is 0.353 e. The molecule has 4 heterocycles. The quantitative estimate of drug-likeness (QED) is 0.515. The van der Waals surface area contributed by atoms with Crippen LogP contribution in [0.15, 0.2) is 36.5 Å². The number of nitrogens with one attached hydrogen (secondary N) is 2. The summed E-state index contributed by atoms with van der Waals surface area (Å²) in [5.74, 6) is 0.269. The lowest BCUT2D eigenvalue weighted by Crippen LogP contribution is -2.47. The molecule has 0 radical (unpaired) electrons. The van der Waals surface area contributed by atoms with Crippen LogP contribution in [0.5, 0.6) is 0 Å². The number of hydrogen-bond acceptors (Lipinski definition) is 5. The van der Waals surface area contributed by atoms with E-state index >= 15 is 0 Å². The number of imidazole rings is 1. The van der Waals surface area contributed by atoms with Gasteiger partial charge in [-0.25, -0.2) is 9.97 Å². The number of alkyl halides is 6. The van der Waals surface area contributed by atoms with Gasteiger partial charge in [0.2, 0.25) is 5.95 Å². The molecule has 35 heavy (non-hydrogen) atoms. The Morgan fingerprint density at radius 3 is 2.31 bits per heavy atom. The van der Waals surface area contributed by atoms with Gasteiger partial charge in [0.1, 0.15) is 5.82 Å². The van der Waals surface area contributed by atoms with Crippen molar-refractivity contribution in [1.82, 2.24) is 20.3 Å². The predicted molar refractivity (Wildman–Crippen MR) is 120 cm³/mol. The van der Waals surface area contributed by atoms with E-state index in [4.69, 9.17) is 0 Å². The molecule has 0 atom stereocenters. The highest BCUT2D eigenvalue weighted by Gasteiger charge is 2.37. The van der Waals surface area contributed by atoms with Crippen LogP contribution in [0.1, 0.15) is 23.1 Å². The molecule has 1 aromatic carbocycles. The summed E-state index contributed by atoms with van der Waals surface area (Å²) in [5.41, 5.74) is 0.424. The van der Waals surface area contributed by atoms with Gasteiger partial charge in [0, 0.05) is 44.5 Å². The predicted octanol–water partition coefficient (Wildman–Crippen LogP) is 4.70. The zero-order valence-corrected chi connectivity index (χ0v) is 18.5. The normalized spacial score (nSPS) is 17.7. The number of fused-ring (bicyclic) bond motifs is 1. The van der Waals surface area contributed by atoms with Crippen LogP contribution in [-0.2, 0) is 12.4 Å². The fourth-order valence-corrected chi connectivity index (χ4v) is 4.53.